The number of amides is 2. The lowest BCUT2D eigenvalue weighted by Crippen LogP contribution is -2.46. The second kappa shape index (κ2) is 9.30. The summed E-state index contributed by atoms with van der Waals surface area (Å²) >= 11 is 0. The summed E-state index contributed by atoms with van der Waals surface area (Å²) in [6.07, 6.45) is 0. The first-order chi connectivity index (χ1) is 15.8. The van der Waals surface area contributed by atoms with Gasteiger partial charge in [-0.25, -0.2) is 8.42 Å². The van der Waals surface area contributed by atoms with Gasteiger partial charge >= 0.3 is 0 Å². The number of aromatic amines is 1. The number of nitrogens with zero attached hydrogens (tertiary/aromatic N) is 2. The van der Waals surface area contributed by atoms with E-state index in [4.69, 9.17) is 9.47 Å². The van der Waals surface area contributed by atoms with Gasteiger partial charge in [0.05, 0.1) is 17.1 Å². The molecule has 33 heavy (non-hydrogen) atoms. The van der Waals surface area contributed by atoms with Crippen molar-refractivity contribution in [3.63, 3.8) is 0 Å². The Labute approximate surface area is 189 Å². The highest BCUT2D eigenvalue weighted by molar-refractivity contribution is 7.89. The van der Waals surface area contributed by atoms with Crippen molar-refractivity contribution in [1.29, 1.82) is 0 Å². The van der Waals surface area contributed by atoms with E-state index < -0.39 is 28.4 Å². The molecule has 0 fully saturated rings. The van der Waals surface area contributed by atoms with Crippen molar-refractivity contribution in [3.05, 3.63) is 60.3 Å². The minimum atomic E-state index is -3.98. The lowest BCUT2D eigenvalue weighted by atomic mass is 10.1. The molecule has 0 radical (unpaired) electrons. The van der Waals surface area contributed by atoms with Crippen molar-refractivity contribution < 1.29 is 27.5 Å². The van der Waals surface area contributed by atoms with Gasteiger partial charge in [0, 0.05) is 18.7 Å². The molecule has 0 aliphatic carbocycles. The fraction of sp³-hybridized carbons (Fsp3) is 0.190. The van der Waals surface area contributed by atoms with Crippen LogP contribution in [0.5, 0.6) is 11.5 Å². The molecule has 2 aromatic carbocycles. The Balaban J connectivity index is 1.34. The Kier molecular flexibility index (Phi) is 6.29. The largest absolute Gasteiger partial charge is 0.486 e. The summed E-state index contributed by atoms with van der Waals surface area (Å²) in [5, 5.41) is 6.67. The summed E-state index contributed by atoms with van der Waals surface area (Å²) in [7, 11) is -2.72. The molecule has 0 spiro atoms. The fourth-order valence-corrected chi connectivity index (χ4v) is 4.22. The van der Waals surface area contributed by atoms with Crippen LogP contribution in [0.4, 0.5) is 0 Å². The van der Waals surface area contributed by atoms with E-state index in [-0.39, 0.29) is 10.6 Å². The predicted molar refractivity (Wildman–Crippen MR) is 117 cm³/mol. The zero-order valence-corrected chi connectivity index (χ0v) is 18.4. The maximum atomic E-state index is 12.8. The fourth-order valence-electron chi connectivity index (χ4n) is 3.08. The van der Waals surface area contributed by atoms with Crippen molar-refractivity contribution in [1.82, 2.24) is 25.4 Å². The summed E-state index contributed by atoms with van der Waals surface area (Å²) in [6, 6.07) is 15.0. The maximum absolute atomic E-state index is 12.8. The van der Waals surface area contributed by atoms with Crippen LogP contribution in [0.2, 0.25) is 0 Å². The molecule has 2 heterocycles. The van der Waals surface area contributed by atoms with Crippen LogP contribution in [0, 0.1) is 0 Å². The van der Waals surface area contributed by atoms with Crippen LogP contribution in [0.3, 0.4) is 0 Å². The number of benzene rings is 2. The van der Waals surface area contributed by atoms with E-state index >= 15 is 0 Å². The van der Waals surface area contributed by atoms with Crippen molar-refractivity contribution in [2.45, 2.75) is 4.90 Å². The molecule has 0 saturated carbocycles. The number of hydrazine groups is 1. The normalized spacial score (nSPS) is 12.9. The summed E-state index contributed by atoms with van der Waals surface area (Å²) in [5.74, 6) is -0.579. The molecule has 3 N–H and O–H groups in total. The minimum absolute atomic E-state index is 0.0445. The molecule has 1 aliphatic heterocycles. The minimum Gasteiger partial charge on any atom is -0.486 e. The van der Waals surface area contributed by atoms with E-state index in [1.54, 1.807) is 0 Å². The van der Waals surface area contributed by atoms with Gasteiger partial charge < -0.3 is 9.47 Å². The predicted octanol–water partition coefficient (Wildman–Crippen LogP) is 0.930. The van der Waals surface area contributed by atoms with Gasteiger partial charge in [-0.1, -0.05) is 30.3 Å². The van der Waals surface area contributed by atoms with Crippen molar-refractivity contribution in [2.24, 2.45) is 0 Å². The Bertz CT molecular complexity index is 1280. The molecule has 11 nitrogen and oxygen atoms in total. The van der Waals surface area contributed by atoms with E-state index in [0.29, 0.717) is 30.4 Å². The van der Waals surface area contributed by atoms with E-state index in [2.05, 4.69) is 21.0 Å². The molecule has 12 heteroatoms. The Morgan fingerprint density at radius 2 is 1.76 bits per heavy atom. The van der Waals surface area contributed by atoms with Crippen molar-refractivity contribution in [3.8, 4) is 22.8 Å². The van der Waals surface area contributed by atoms with Gasteiger partial charge in [0.25, 0.3) is 11.8 Å². The number of carbonyl (C=O) groups excluding carboxylic acids is 2. The number of nitrogens with one attached hydrogen (secondary N) is 3. The van der Waals surface area contributed by atoms with Gasteiger partial charge in [0.15, 0.2) is 11.5 Å². The van der Waals surface area contributed by atoms with Crippen molar-refractivity contribution >= 4 is 21.8 Å². The first kappa shape index (κ1) is 22.3. The van der Waals surface area contributed by atoms with Gasteiger partial charge in [-0.2, -0.15) is 9.40 Å². The van der Waals surface area contributed by atoms with Crippen LogP contribution in [0.1, 0.15) is 10.5 Å². The summed E-state index contributed by atoms with van der Waals surface area (Å²) in [4.78, 5) is 24.5. The monoisotopic (exact) mass is 471 g/mol. The smallest absolute Gasteiger partial charge is 0.287 e. The molecular formula is C21H21N5O6S. The second-order valence-electron chi connectivity index (χ2n) is 7.10. The summed E-state index contributed by atoms with van der Waals surface area (Å²) in [5.41, 5.74) is 5.95. The number of H-pyrrole nitrogens is 1. The molecule has 3 aromatic rings. The third kappa shape index (κ3) is 4.96. The van der Waals surface area contributed by atoms with Crippen molar-refractivity contribution in [2.75, 3.05) is 26.8 Å². The zero-order valence-electron chi connectivity index (χ0n) is 17.6. The topological polar surface area (TPSA) is 143 Å². The van der Waals surface area contributed by atoms with E-state index in [1.807, 2.05) is 30.3 Å². The Hall–Kier alpha value is -3.90. The highest BCUT2D eigenvalue weighted by Crippen LogP contribution is 2.32. The lowest BCUT2D eigenvalue weighted by Gasteiger charge is -2.21. The highest BCUT2D eigenvalue weighted by Gasteiger charge is 2.25. The molecule has 4 rings (SSSR count). The average molecular weight is 471 g/mol. The van der Waals surface area contributed by atoms with Crippen LogP contribution in [-0.4, -0.2) is 61.5 Å². The third-order valence-electron chi connectivity index (χ3n) is 4.80. The number of aromatic nitrogens is 2. The first-order valence-electron chi connectivity index (χ1n) is 9.90. The number of rotatable bonds is 6. The van der Waals surface area contributed by atoms with Crippen LogP contribution in [0.25, 0.3) is 11.3 Å². The number of carbonyl (C=O) groups is 2. The molecule has 0 saturated heterocycles. The number of ether oxygens (including phenoxy) is 2. The first-order valence-corrected chi connectivity index (χ1v) is 11.3. The van der Waals surface area contributed by atoms with Crippen LogP contribution >= 0.6 is 0 Å². The molecule has 0 bridgehead atoms. The van der Waals surface area contributed by atoms with Crippen LogP contribution in [-0.2, 0) is 14.8 Å². The average Bonchev–Trinajstić information content (AvgIpc) is 3.33. The molecular weight excluding hydrogens is 450 g/mol. The van der Waals surface area contributed by atoms with E-state index in [1.165, 1.54) is 31.3 Å². The van der Waals surface area contributed by atoms with Gasteiger partial charge in [0.1, 0.15) is 18.9 Å². The van der Waals surface area contributed by atoms with E-state index in [9.17, 15) is 18.0 Å². The molecule has 172 valence electrons. The summed E-state index contributed by atoms with van der Waals surface area (Å²) < 4.78 is 37.3. The number of sulfonamides is 1. The number of hydrogen-bond acceptors (Lipinski definition) is 7. The van der Waals surface area contributed by atoms with Crippen LogP contribution in [0.15, 0.2) is 59.5 Å². The molecule has 2 amide bonds. The molecule has 1 aromatic heterocycles. The van der Waals surface area contributed by atoms with Gasteiger partial charge in [-0.3, -0.25) is 25.5 Å². The van der Waals surface area contributed by atoms with Crippen LogP contribution < -0.4 is 20.3 Å². The SMILES string of the molecule is CN(CC(=O)NNC(=O)c1cc(-c2ccccc2)n[nH]1)S(=O)(=O)c1ccc2c(c1)OCCO2. The second-order valence-corrected chi connectivity index (χ2v) is 9.15. The number of likely N-dealkylation sites (N-methyl/N-ethyl adjacent to an activating group) is 1. The Morgan fingerprint density at radius 3 is 2.52 bits per heavy atom. The van der Waals surface area contributed by atoms with Gasteiger partial charge in [-0.15, -0.1) is 0 Å². The number of hydrogen-bond donors (Lipinski definition) is 3. The summed E-state index contributed by atoms with van der Waals surface area (Å²) in [6.45, 7) is 0.184. The standard InChI is InChI=1S/C21H21N5O6S/c1-26(33(29,30)15-7-8-18-19(11-15)32-10-9-31-18)13-20(27)24-25-21(28)17-12-16(22-23-17)14-5-3-2-4-6-14/h2-8,11-12H,9-10,13H2,1H3,(H,22,23)(H,24,27)(H,25,28). The lowest BCUT2D eigenvalue weighted by molar-refractivity contribution is -0.121. The molecule has 0 atom stereocenters. The zero-order chi connectivity index (χ0) is 23.4. The Morgan fingerprint density at radius 1 is 1.03 bits per heavy atom. The van der Waals surface area contributed by atoms with Gasteiger partial charge in [-0.05, 0) is 18.2 Å². The third-order valence-corrected chi connectivity index (χ3v) is 6.59. The quantitative estimate of drug-likeness (QED) is 0.454. The number of fused-ring (bicyclic) bond motifs is 1. The maximum Gasteiger partial charge on any atom is 0.287 e. The molecule has 0 unspecified atom stereocenters. The van der Waals surface area contributed by atoms with Gasteiger partial charge in [0.2, 0.25) is 10.0 Å². The highest BCUT2D eigenvalue weighted by atomic mass is 32.2. The van der Waals surface area contributed by atoms with E-state index in [0.717, 1.165) is 9.87 Å². The molecule has 1 aliphatic rings.